The molecule has 2 unspecified atom stereocenters. The number of aryl methyl sites for hydroxylation is 1. The molecule has 1 saturated carbocycles. The lowest BCUT2D eigenvalue weighted by Gasteiger charge is -2.44. The summed E-state index contributed by atoms with van der Waals surface area (Å²) in [6.07, 6.45) is 4.48. The minimum Gasteiger partial charge on any atom is -0.340 e. The Hall–Kier alpha value is -1.43. The molecule has 0 spiro atoms. The van der Waals surface area contributed by atoms with Crippen molar-refractivity contribution >= 4 is 23.2 Å². The fourth-order valence-electron chi connectivity index (χ4n) is 3.12. The molecule has 0 bridgehead atoms. The molecule has 5 nitrogen and oxygen atoms in total. The highest BCUT2D eigenvalue weighted by Crippen LogP contribution is 2.42. The second-order valence-corrected chi connectivity index (χ2v) is 7.51. The maximum absolute atomic E-state index is 12.9. The zero-order chi connectivity index (χ0) is 15.2. The van der Waals surface area contributed by atoms with E-state index in [1.165, 1.54) is 0 Å². The third kappa shape index (κ3) is 2.46. The second kappa shape index (κ2) is 5.09. The van der Waals surface area contributed by atoms with Crippen molar-refractivity contribution in [1.82, 2.24) is 15.2 Å². The van der Waals surface area contributed by atoms with Gasteiger partial charge < -0.3 is 10.2 Å². The van der Waals surface area contributed by atoms with Gasteiger partial charge in [0.05, 0.1) is 6.54 Å². The predicted octanol–water partition coefficient (Wildman–Crippen LogP) is 1.86. The second-order valence-electron chi connectivity index (χ2n) is 6.19. The van der Waals surface area contributed by atoms with E-state index in [-0.39, 0.29) is 23.8 Å². The Kier molecular flexibility index (Phi) is 3.51. The van der Waals surface area contributed by atoms with Gasteiger partial charge in [-0.3, -0.25) is 9.59 Å². The number of aromatic nitrogens is 1. The molecule has 2 heterocycles. The van der Waals surface area contributed by atoms with Crippen LogP contribution in [0.3, 0.4) is 0 Å². The molecule has 1 N–H and O–H groups in total. The topological polar surface area (TPSA) is 62.3 Å². The fraction of sp³-hybridized carbons (Fsp3) is 0.667. The standard InChI is InChI=1S/C15H21N3O2S/c1-4-11-13(19)17-15(3,10-5-6-10)14(20)18(11)8-12-16-7-9(2)21-12/h7,10-11H,4-6,8H2,1-3H3,(H,17,19). The van der Waals surface area contributed by atoms with Crippen LogP contribution in [0, 0.1) is 12.8 Å². The summed E-state index contributed by atoms with van der Waals surface area (Å²) >= 11 is 1.58. The molecule has 1 aliphatic carbocycles. The van der Waals surface area contributed by atoms with Gasteiger partial charge in [0, 0.05) is 11.1 Å². The molecule has 114 valence electrons. The van der Waals surface area contributed by atoms with E-state index in [4.69, 9.17) is 0 Å². The largest absolute Gasteiger partial charge is 0.340 e. The first-order valence-corrected chi connectivity index (χ1v) is 8.31. The number of piperazine rings is 1. The molecule has 0 radical (unpaired) electrons. The van der Waals surface area contributed by atoms with E-state index in [9.17, 15) is 9.59 Å². The fourth-order valence-corrected chi connectivity index (χ4v) is 3.91. The van der Waals surface area contributed by atoms with Crippen molar-refractivity contribution in [2.45, 2.75) is 58.2 Å². The van der Waals surface area contributed by atoms with Gasteiger partial charge >= 0.3 is 0 Å². The molecule has 6 heteroatoms. The first kappa shape index (κ1) is 14.5. The van der Waals surface area contributed by atoms with Crippen LogP contribution < -0.4 is 5.32 Å². The average Bonchev–Trinajstić information content (AvgIpc) is 3.21. The van der Waals surface area contributed by atoms with Crippen LogP contribution in [0.15, 0.2) is 6.20 Å². The Morgan fingerprint density at radius 3 is 2.71 bits per heavy atom. The Bertz CT molecular complexity index is 581. The summed E-state index contributed by atoms with van der Waals surface area (Å²) in [4.78, 5) is 32.5. The molecule has 21 heavy (non-hydrogen) atoms. The van der Waals surface area contributed by atoms with Crippen LogP contribution in [0.1, 0.15) is 43.0 Å². The van der Waals surface area contributed by atoms with Crippen molar-refractivity contribution in [3.8, 4) is 0 Å². The van der Waals surface area contributed by atoms with E-state index in [1.54, 1.807) is 16.2 Å². The van der Waals surface area contributed by atoms with E-state index in [0.29, 0.717) is 13.0 Å². The van der Waals surface area contributed by atoms with E-state index in [0.717, 1.165) is 22.7 Å². The number of nitrogens with zero attached hydrogens (tertiary/aromatic N) is 2. The monoisotopic (exact) mass is 307 g/mol. The summed E-state index contributed by atoms with van der Waals surface area (Å²) in [5.41, 5.74) is -0.727. The molecule has 1 aromatic heterocycles. The Morgan fingerprint density at radius 2 is 2.19 bits per heavy atom. The highest BCUT2D eigenvalue weighted by Gasteiger charge is 2.55. The van der Waals surface area contributed by atoms with E-state index in [1.807, 2.05) is 27.0 Å². The van der Waals surface area contributed by atoms with E-state index >= 15 is 0 Å². The summed E-state index contributed by atoms with van der Waals surface area (Å²) in [6.45, 7) is 6.25. The highest BCUT2D eigenvalue weighted by molar-refractivity contribution is 7.11. The molecule has 2 atom stereocenters. The third-order valence-corrected chi connectivity index (χ3v) is 5.42. The number of carbonyl (C=O) groups excluding carboxylic acids is 2. The van der Waals surface area contributed by atoms with Crippen LogP contribution in [0.4, 0.5) is 0 Å². The number of hydrogen-bond acceptors (Lipinski definition) is 4. The molecule has 3 rings (SSSR count). The van der Waals surface area contributed by atoms with Gasteiger partial charge in [0.25, 0.3) is 0 Å². The predicted molar refractivity (Wildman–Crippen MR) is 80.8 cm³/mol. The van der Waals surface area contributed by atoms with Gasteiger partial charge in [-0.15, -0.1) is 11.3 Å². The van der Waals surface area contributed by atoms with Crippen molar-refractivity contribution in [2.24, 2.45) is 5.92 Å². The van der Waals surface area contributed by atoms with Gasteiger partial charge in [-0.2, -0.15) is 0 Å². The van der Waals surface area contributed by atoms with Crippen LogP contribution in [0.2, 0.25) is 0 Å². The molecule has 2 aliphatic rings. The van der Waals surface area contributed by atoms with Crippen molar-refractivity contribution in [3.63, 3.8) is 0 Å². The van der Waals surface area contributed by atoms with E-state index in [2.05, 4.69) is 10.3 Å². The molecular formula is C15H21N3O2S. The molecule has 0 aromatic carbocycles. The summed E-state index contributed by atoms with van der Waals surface area (Å²) in [7, 11) is 0. The van der Waals surface area contributed by atoms with Crippen LogP contribution in [0.25, 0.3) is 0 Å². The molecule has 1 aliphatic heterocycles. The number of amides is 2. The molecular weight excluding hydrogens is 286 g/mol. The Balaban J connectivity index is 1.89. The maximum atomic E-state index is 12.9. The lowest BCUT2D eigenvalue weighted by atomic mass is 9.89. The number of hydrogen-bond donors (Lipinski definition) is 1. The minimum atomic E-state index is -0.727. The molecule has 2 amide bonds. The van der Waals surface area contributed by atoms with Crippen molar-refractivity contribution < 1.29 is 9.59 Å². The van der Waals surface area contributed by atoms with Gasteiger partial charge in [-0.25, -0.2) is 4.98 Å². The van der Waals surface area contributed by atoms with E-state index < -0.39 is 5.54 Å². The third-order valence-electron chi connectivity index (χ3n) is 4.52. The highest BCUT2D eigenvalue weighted by atomic mass is 32.1. The van der Waals surface area contributed by atoms with Gasteiger partial charge in [0.2, 0.25) is 11.8 Å². The van der Waals surface area contributed by atoms with Crippen LogP contribution >= 0.6 is 11.3 Å². The van der Waals surface area contributed by atoms with Crippen molar-refractivity contribution in [1.29, 1.82) is 0 Å². The maximum Gasteiger partial charge on any atom is 0.249 e. The summed E-state index contributed by atoms with van der Waals surface area (Å²) < 4.78 is 0. The van der Waals surface area contributed by atoms with Crippen LogP contribution in [0.5, 0.6) is 0 Å². The number of nitrogens with one attached hydrogen (secondary N) is 1. The first-order valence-electron chi connectivity index (χ1n) is 7.50. The zero-order valence-corrected chi connectivity index (χ0v) is 13.5. The molecule has 1 saturated heterocycles. The Labute approximate surface area is 128 Å². The quantitative estimate of drug-likeness (QED) is 0.923. The number of rotatable bonds is 4. The lowest BCUT2D eigenvalue weighted by molar-refractivity contribution is -0.156. The summed E-state index contributed by atoms with van der Waals surface area (Å²) in [6, 6.07) is -0.381. The smallest absolute Gasteiger partial charge is 0.249 e. The SMILES string of the molecule is CCC1C(=O)NC(C)(C2CC2)C(=O)N1Cc1ncc(C)s1. The summed E-state index contributed by atoms with van der Waals surface area (Å²) in [5, 5.41) is 3.87. The van der Waals surface area contributed by atoms with Gasteiger partial charge in [0.1, 0.15) is 16.6 Å². The van der Waals surface area contributed by atoms with Crippen molar-refractivity contribution in [3.05, 3.63) is 16.1 Å². The van der Waals surface area contributed by atoms with Gasteiger partial charge in [0.15, 0.2) is 0 Å². The van der Waals surface area contributed by atoms with Crippen molar-refractivity contribution in [2.75, 3.05) is 0 Å². The number of carbonyl (C=O) groups is 2. The van der Waals surface area contributed by atoms with Crippen LogP contribution in [-0.4, -0.2) is 33.3 Å². The van der Waals surface area contributed by atoms with Gasteiger partial charge in [-0.05, 0) is 39.0 Å². The molecule has 2 fully saturated rings. The normalized spacial score (nSPS) is 29.7. The number of thiazole rings is 1. The molecule has 1 aromatic rings. The first-order chi connectivity index (χ1) is 9.95. The minimum absolute atomic E-state index is 0.0280. The lowest BCUT2D eigenvalue weighted by Crippen LogP contribution is -2.69. The zero-order valence-electron chi connectivity index (χ0n) is 12.7. The van der Waals surface area contributed by atoms with Gasteiger partial charge in [-0.1, -0.05) is 6.92 Å². The summed E-state index contributed by atoms with van der Waals surface area (Å²) in [5.74, 6) is 0.302. The average molecular weight is 307 g/mol. The van der Waals surface area contributed by atoms with Crippen LogP contribution in [-0.2, 0) is 16.1 Å². The Morgan fingerprint density at radius 1 is 1.48 bits per heavy atom.